The quantitative estimate of drug-likeness (QED) is 0.844. The van der Waals surface area contributed by atoms with Gasteiger partial charge in [0.05, 0.1) is 17.0 Å². The molecule has 1 N–H and O–H groups in total. The highest BCUT2D eigenvalue weighted by Gasteiger charge is 2.25. The van der Waals surface area contributed by atoms with E-state index in [2.05, 4.69) is 28.5 Å². The van der Waals surface area contributed by atoms with E-state index >= 15 is 0 Å². The van der Waals surface area contributed by atoms with Crippen molar-refractivity contribution < 1.29 is 13.2 Å². The topological polar surface area (TPSA) is 91.7 Å². The van der Waals surface area contributed by atoms with Gasteiger partial charge in [0, 0.05) is 17.6 Å². The molecule has 0 fully saturated rings. The van der Waals surface area contributed by atoms with Gasteiger partial charge in [-0.15, -0.1) is 15.7 Å². The summed E-state index contributed by atoms with van der Waals surface area (Å²) in [6.07, 6.45) is 7.57. The van der Waals surface area contributed by atoms with E-state index in [4.69, 9.17) is 0 Å². The number of hydrogen-bond donors (Lipinski definition) is 1. The van der Waals surface area contributed by atoms with Crippen LogP contribution in [-0.4, -0.2) is 42.3 Å². The maximum Gasteiger partial charge on any atom is 0.258 e. The van der Waals surface area contributed by atoms with Gasteiger partial charge < -0.3 is 4.90 Å². The van der Waals surface area contributed by atoms with Crippen LogP contribution in [0.15, 0.2) is 28.3 Å². The molecule has 0 spiro atoms. The largest absolute Gasteiger partial charge is 0.330 e. The number of nitrogens with one attached hydrogen (secondary N) is 1. The molecule has 2 aliphatic heterocycles. The molecule has 3 rings (SSSR count). The van der Waals surface area contributed by atoms with E-state index < -0.39 is 10.0 Å². The van der Waals surface area contributed by atoms with Crippen molar-refractivity contribution in [1.82, 2.24) is 9.88 Å². The lowest BCUT2D eigenvalue weighted by Crippen LogP contribution is -2.37. The summed E-state index contributed by atoms with van der Waals surface area (Å²) >= 11 is 1.50. The maximum atomic E-state index is 12.5. The average molecular weight is 380 g/mol. The van der Waals surface area contributed by atoms with Crippen LogP contribution in [0.5, 0.6) is 0 Å². The molecule has 2 aliphatic rings. The Morgan fingerprint density at radius 2 is 2.16 bits per heavy atom. The van der Waals surface area contributed by atoms with Crippen molar-refractivity contribution in [3.63, 3.8) is 0 Å². The number of rotatable bonds is 5. The van der Waals surface area contributed by atoms with Crippen molar-refractivity contribution in [2.45, 2.75) is 33.1 Å². The van der Waals surface area contributed by atoms with Crippen LogP contribution in [0, 0.1) is 0 Å². The summed E-state index contributed by atoms with van der Waals surface area (Å²) in [7, 11) is -3.39. The van der Waals surface area contributed by atoms with E-state index in [9.17, 15) is 13.2 Å². The number of anilines is 1. The molecule has 0 aromatic carbocycles. The SMILES string of the molecule is CCCc1nc(NC(=O)C2=CN3CCS(=O)(=O)N=C3C=C2)sc1CC. The third kappa shape index (κ3) is 3.98. The summed E-state index contributed by atoms with van der Waals surface area (Å²) in [5, 5.41) is 3.44. The van der Waals surface area contributed by atoms with Gasteiger partial charge in [-0.25, -0.2) is 13.4 Å². The summed E-state index contributed by atoms with van der Waals surface area (Å²) in [6.45, 7) is 4.47. The van der Waals surface area contributed by atoms with Crippen LogP contribution in [0.25, 0.3) is 0 Å². The Kier molecular flexibility index (Phi) is 5.05. The molecule has 1 aromatic heterocycles. The lowest BCUT2D eigenvalue weighted by atomic mass is 10.2. The highest BCUT2D eigenvalue weighted by Crippen LogP contribution is 2.25. The summed E-state index contributed by atoms with van der Waals surface area (Å²) in [5.74, 6) is 0.0290. The molecular formula is C16H20N4O3S2. The van der Waals surface area contributed by atoms with Gasteiger partial charge in [0.15, 0.2) is 5.13 Å². The smallest absolute Gasteiger partial charge is 0.258 e. The number of carbonyl (C=O) groups is 1. The number of fused-ring (bicyclic) bond motifs is 1. The molecule has 25 heavy (non-hydrogen) atoms. The Morgan fingerprint density at radius 3 is 2.88 bits per heavy atom. The molecule has 0 unspecified atom stereocenters. The van der Waals surface area contributed by atoms with Crippen molar-refractivity contribution >= 4 is 38.2 Å². The zero-order valence-electron chi connectivity index (χ0n) is 14.2. The number of aryl methyl sites for hydroxylation is 2. The van der Waals surface area contributed by atoms with E-state index in [1.54, 1.807) is 23.3 Å². The minimum Gasteiger partial charge on any atom is -0.330 e. The number of aromatic nitrogens is 1. The van der Waals surface area contributed by atoms with Crippen molar-refractivity contribution in [2.24, 2.45) is 4.40 Å². The molecule has 0 saturated heterocycles. The summed E-state index contributed by atoms with van der Waals surface area (Å²) in [6, 6.07) is 0. The predicted molar refractivity (Wildman–Crippen MR) is 99.3 cm³/mol. The second kappa shape index (κ2) is 7.09. The van der Waals surface area contributed by atoms with Crippen LogP contribution < -0.4 is 5.32 Å². The van der Waals surface area contributed by atoms with Crippen LogP contribution in [0.1, 0.15) is 30.8 Å². The first-order chi connectivity index (χ1) is 11.9. The third-order valence-electron chi connectivity index (χ3n) is 3.89. The van der Waals surface area contributed by atoms with Crippen molar-refractivity contribution in [2.75, 3.05) is 17.6 Å². The molecule has 3 heterocycles. The Bertz CT molecular complexity index is 881. The molecule has 0 bridgehead atoms. The Labute approximate surface area is 151 Å². The fourth-order valence-corrected chi connectivity index (χ4v) is 4.56. The Morgan fingerprint density at radius 1 is 1.36 bits per heavy atom. The molecule has 1 amide bonds. The van der Waals surface area contributed by atoms with Crippen LogP contribution in [-0.2, 0) is 27.7 Å². The first-order valence-electron chi connectivity index (χ1n) is 8.21. The van der Waals surface area contributed by atoms with Crippen molar-refractivity contribution in [3.05, 3.63) is 34.5 Å². The molecule has 0 aliphatic carbocycles. The van der Waals surface area contributed by atoms with Crippen molar-refractivity contribution in [3.8, 4) is 0 Å². The van der Waals surface area contributed by atoms with Gasteiger partial charge in [-0.05, 0) is 25.0 Å². The van der Waals surface area contributed by atoms with Crippen LogP contribution in [0.4, 0.5) is 5.13 Å². The van der Waals surface area contributed by atoms with Gasteiger partial charge >= 0.3 is 0 Å². The molecular weight excluding hydrogens is 360 g/mol. The van der Waals surface area contributed by atoms with Gasteiger partial charge in [-0.2, -0.15) is 0 Å². The van der Waals surface area contributed by atoms with E-state index in [1.165, 1.54) is 16.2 Å². The van der Waals surface area contributed by atoms with Gasteiger partial charge in [0.1, 0.15) is 5.84 Å². The zero-order valence-corrected chi connectivity index (χ0v) is 15.8. The van der Waals surface area contributed by atoms with Gasteiger partial charge in [-0.1, -0.05) is 20.3 Å². The highest BCUT2D eigenvalue weighted by atomic mass is 32.2. The standard InChI is InChI=1S/C16H20N4O3S2/c1-3-5-12-13(4-2)24-16(17-12)18-15(21)11-6-7-14-19-25(22,23)9-8-20(14)10-11/h6-7,10H,3-5,8-9H2,1-2H3,(H,17,18,21). The summed E-state index contributed by atoms with van der Waals surface area (Å²) < 4.78 is 26.7. The van der Waals surface area contributed by atoms with Crippen LogP contribution in [0.2, 0.25) is 0 Å². The number of carbonyl (C=O) groups excluding carboxylic acids is 1. The molecule has 9 heteroatoms. The fourth-order valence-electron chi connectivity index (χ4n) is 2.65. The van der Waals surface area contributed by atoms with Crippen molar-refractivity contribution in [1.29, 1.82) is 0 Å². The number of thiazole rings is 1. The second-order valence-electron chi connectivity index (χ2n) is 5.79. The Hall–Kier alpha value is -2.00. The number of hydrogen-bond acceptors (Lipinski definition) is 6. The lowest BCUT2D eigenvalue weighted by Gasteiger charge is -2.26. The van der Waals surface area contributed by atoms with Gasteiger partial charge in [0.25, 0.3) is 15.9 Å². The second-order valence-corrected chi connectivity index (χ2v) is 8.63. The molecule has 0 saturated carbocycles. The number of amides is 1. The van der Waals surface area contributed by atoms with Gasteiger partial charge in [-0.3, -0.25) is 10.1 Å². The number of amidine groups is 1. The monoisotopic (exact) mass is 380 g/mol. The zero-order chi connectivity index (χ0) is 18.0. The number of sulfonamides is 1. The normalized spacial score (nSPS) is 18.4. The summed E-state index contributed by atoms with van der Waals surface area (Å²) in [4.78, 5) is 19.9. The molecule has 1 aromatic rings. The van der Waals surface area contributed by atoms with E-state index in [1.807, 2.05) is 0 Å². The molecule has 0 atom stereocenters. The minimum atomic E-state index is -3.39. The number of nitrogens with zero attached hydrogens (tertiary/aromatic N) is 3. The third-order valence-corrected chi connectivity index (χ3v) is 6.21. The molecule has 7 nitrogen and oxygen atoms in total. The van der Waals surface area contributed by atoms with E-state index in [0.717, 1.165) is 25.0 Å². The predicted octanol–water partition coefficient (Wildman–Crippen LogP) is 2.09. The molecule has 134 valence electrons. The minimum absolute atomic E-state index is 0.0531. The van der Waals surface area contributed by atoms with Crippen LogP contribution in [0.3, 0.4) is 0 Å². The Balaban J connectivity index is 1.75. The van der Waals surface area contributed by atoms with E-state index in [0.29, 0.717) is 23.1 Å². The first-order valence-corrected chi connectivity index (χ1v) is 10.6. The fraction of sp³-hybridized carbons (Fsp3) is 0.438. The van der Waals surface area contributed by atoms with E-state index in [-0.39, 0.29) is 11.7 Å². The lowest BCUT2D eigenvalue weighted by molar-refractivity contribution is -0.112. The molecule has 0 radical (unpaired) electrons. The highest BCUT2D eigenvalue weighted by molar-refractivity contribution is 7.90. The maximum absolute atomic E-state index is 12.5. The summed E-state index contributed by atoms with van der Waals surface area (Å²) in [5.41, 5.74) is 1.50. The first kappa shape index (κ1) is 17.8. The van der Waals surface area contributed by atoms with Crippen LogP contribution >= 0.6 is 11.3 Å². The average Bonchev–Trinajstić information content (AvgIpc) is 2.95. The van der Waals surface area contributed by atoms with Gasteiger partial charge in [0.2, 0.25) is 0 Å².